The molecule has 0 radical (unpaired) electrons. The number of sulfone groups is 1. The molecule has 0 aromatic heterocycles. The van der Waals surface area contributed by atoms with Crippen molar-refractivity contribution in [3.63, 3.8) is 0 Å². The van der Waals surface area contributed by atoms with Crippen LogP contribution in [0.3, 0.4) is 0 Å². The van der Waals surface area contributed by atoms with E-state index in [0.29, 0.717) is 0 Å². The quantitative estimate of drug-likeness (QED) is 0.806. The van der Waals surface area contributed by atoms with Crippen LogP contribution < -0.4 is 11.1 Å². The van der Waals surface area contributed by atoms with E-state index in [0.717, 1.165) is 18.4 Å². The van der Waals surface area contributed by atoms with E-state index in [4.69, 9.17) is 5.73 Å². The van der Waals surface area contributed by atoms with Crippen molar-refractivity contribution in [3.8, 4) is 0 Å². The lowest BCUT2D eigenvalue weighted by Gasteiger charge is -2.16. The molecule has 1 aromatic carbocycles. The van der Waals surface area contributed by atoms with Gasteiger partial charge in [-0.3, -0.25) is 0 Å². The Hall–Kier alpha value is -1.28. The molecule has 8 heteroatoms. The van der Waals surface area contributed by atoms with Gasteiger partial charge >= 0.3 is 0 Å². The molecule has 0 fully saturated rings. The number of hydrogen-bond acceptors (Lipinski definition) is 4. The lowest BCUT2D eigenvalue weighted by Crippen LogP contribution is -2.26. The van der Waals surface area contributed by atoms with Gasteiger partial charge in [0.05, 0.1) is 5.75 Å². The van der Waals surface area contributed by atoms with Gasteiger partial charge in [-0.2, -0.15) is 0 Å². The van der Waals surface area contributed by atoms with E-state index < -0.39 is 33.2 Å². The van der Waals surface area contributed by atoms with Crippen LogP contribution in [0.25, 0.3) is 0 Å². The van der Waals surface area contributed by atoms with Gasteiger partial charge in [0.1, 0.15) is 32.1 Å². The number of thiocarbonyl (C=S) groups is 1. The molecule has 0 amide bonds. The van der Waals surface area contributed by atoms with E-state index in [9.17, 15) is 17.2 Å². The third-order valence-electron chi connectivity index (χ3n) is 2.27. The van der Waals surface area contributed by atoms with Crippen molar-refractivity contribution in [2.75, 3.05) is 17.3 Å². The summed E-state index contributed by atoms with van der Waals surface area (Å²) in [6.07, 6.45) is 1.05. The van der Waals surface area contributed by atoms with Crippen molar-refractivity contribution < 1.29 is 17.2 Å². The molecule has 0 aliphatic heterocycles. The maximum Gasteiger partial charge on any atom is 0.150 e. The molecule has 0 spiro atoms. The van der Waals surface area contributed by atoms with Gasteiger partial charge < -0.3 is 11.1 Å². The third-order valence-corrected chi connectivity index (χ3v) is 3.61. The highest BCUT2D eigenvalue weighted by Crippen LogP contribution is 2.21. The van der Waals surface area contributed by atoms with Crippen LogP contribution in [0.15, 0.2) is 12.1 Å². The average Bonchev–Trinajstić information content (AvgIpc) is 2.20. The van der Waals surface area contributed by atoms with Gasteiger partial charge in [0.15, 0.2) is 0 Å². The Morgan fingerprint density at radius 3 is 2.26 bits per heavy atom. The molecule has 0 bridgehead atoms. The number of rotatable bonds is 5. The zero-order valence-corrected chi connectivity index (χ0v) is 12.0. The van der Waals surface area contributed by atoms with Crippen molar-refractivity contribution in [2.24, 2.45) is 5.73 Å². The smallest absolute Gasteiger partial charge is 0.150 e. The van der Waals surface area contributed by atoms with Gasteiger partial charge in [-0.05, 0) is 19.1 Å². The molecule has 1 unspecified atom stereocenters. The minimum absolute atomic E-state index is 0.0753. The molecule has 0 saturated carbocycles. The van der Waals surface area contributed by atoms with Gasteiger partial charge in [-0.1, -0.05) is 12.2 Å². The number of anilines is 1. The van der Waals surface area contributed by atoms with Crippen molar-refractivity contribution in [3.05, 3.63) is 29.3 Å². The molecule has 0 aliphatic rings. The fraction of sp³-hybridized carbons (Fsp3) is 0.364. The predicted molar refractivity (Wildman–Crippen MR) is 75.0 cm³/mol. The summed E-state index contributed by atoms with van der Waals surface area (Å²) < 4.78 is 49.6. The Balaban J connectivity index is 2.99. The monoisotopic (exact) mass is 308 g/mol. The maximum atomic E-state index is 13.7. The molecular formula is C11H14F2N2O2S2. The number of nitrogens with two attached hydrogens (primary N) is 1. The first-order chi connectivity index (χ1) is 8.60. The van der Waals surface area contributed by atoms with E-state index in [1.165, 1.54) is 6.92 Å². The van der Waals surface area contributed by atoms with E-state index in [2.05, 4.69) is 17.5 Å². The van der Waals surface area contributed by atoms with Crippen LogP contribution in [0.5, 0.6) is 0 Å². The summed E-state index contributed by atoms with van der Waals surface area (Å²) in [5.41, 5.74) is 4.97. The normalized spacial score (nSPS) is 13.1. The lowest BCUT2D eigenvalue weighted by atomic mass is 10.1. The van der Waals surface area contributed by atoms with E-state index in [1.807, 2.05) is 0 Å². The van der Waals surface area contributed by atoms with Crippen LogP contribution in [0.4, 0.5) is 14.5 Å². The molecule has 1 aromatic rings. The second-order valence-electron chi connectivity index (χ2n) is 4.32. The Labute approximate surface area is 115 Å². The molecule has 19 heavy (non-hydrogen) atoms. The van der Waals surface area contributed by atoms with E-state index in [-0.39, 0.29) is 16.3 Å². The Morgan fingerprint density at radius 1 is 1.42 bits per heavy atom. The fourth-order valence-electron chi connectivity index (χ4n) is 1.60. The second kappa shape index (κ2) is 5.79. The summed E-state index contributed by atoms with van der Waals surface area (Å²) in [5.74, 6) is -1.98. The molecular weight excluding hydrogens is 294 g/mol. The molecule has 0 saturated heterocycles. The Bertz CT molecular complexity index is 580. The summed E-state index contributed by atoms with van der Waals surface area (Å²) in [6.45, 7) is 1.52. The van der Waals surface area contributed by atoms with Gasteiger partial charge in [0, 0.05) is 17.9 Å². The highest BCUT2D eigenvalue weighted by atomic mass is 32.2. The van der Waals surface area contributed by atoms with Crippen LogP contribution >= 0.6 is 12.2 Å². The van der Waals surface area contributed by atoms with Crippen molar-refractivity contribution in [1.29, 1.82) is 0 Å². The Morgan fingerprint density at radius 2 is 1.89 bits per heavy atom. The summed E-state index contributed by atoms with van der Waals surface area (Å²) in [6, 6.07) is 1.37. The van der Waals surface area contributed by atoms with Gasteiger partial charge in [-0.15, -0.1) is 0 Å². The summed E-state index contributed by atoms with van der Waals surface area (Å²) in [5, 5.41) is 2.49. The molecule has 106 valence electrons. The number of nitrogens with one attached hydrogen (secondary N) is 1. The summed E-state index contributed by atoms with van der Waals surface area (Å²) in [4.78, 5) is -0.117. The highest BCUT2D eigenvalue weighted by molar-refractivity contribution is 7.90. The minimum atomic E-state index is -3.24. The summed E-state index contributed by atoms with van der Waals surface area (Å²) in [7, 11) is -3.24. The number of benzene rings is 1. The Kier molecular flexibility index (Phi) is 4.81. The highest BCUT2D eigenvalue weighted by Gasteiger charge is 2.17. The minimum Gasteiger partial charge on any atom is -0.389 e. The number of hydrogen-bond donors (Lipinski definition) is 2. The van der Waals surface area contributed by atoms with Crippen LogP contribution in [0.1, 0.15) is 12.5 Å². The van der Waals surface area contributed by atoms with Crippen LogP contribution in [-0.2, 0) is 9.84 Å². The van der Waals surface area contributed by atoms with Crippen molar-refractivity contribution in [1.82, 2.24) is 0 Å². The summed E-state index contributed by atoms with van der Waals surface area (Å²) >= 11 is 4.63. The first kappa shape index (κ1) is 15.8. The SMILES string of the molecule is CC(CS(C)(=O)=O)Nc1c(F)cc(C(N)=S)cc1F. The molecule has 1 rings (SSSR count). The first-order valence-corrected chi connectivity index (χ1v) is 7.80. The largest absolute Gasteiger partial charge is 0.389 e. The third kappa shape index (κ3) is 4.71. The zero-order chi connectivity index (χ0) is 14.8. The maximum absolute atomic E-state index is 13.7. The standard InChI is InChI=1S/C11H14F2N2O2S2/c1-6(5-19(2,16)17)15-10-8(12)3-7(11(14)18)4-9(10)13/h3-4,6,15H,5H2,1-2H3,(H2,14,18). The lowest BCUT2D eigenvalue weighted by molar-refractivity contribution is 0.580. The fourth-order valence-corrected chi connectivity index (χ4v) is 2.70. The predicted octanol–water partition coefficient (Wildman–Crippen LogP) is 1.44. The van der Waals surface area contributed by atoms with Gasteiger partial charge in [0.2, 0.25) is 0 Å². The zero-order valence-electron chi connectivity index (χ0n) is 10.4. The molecule has 4 nitrogen and oxygen atoms in total. The van der Waals surface area contributed by atoms with Crippen LogP contribution in [0.2, 0.25) is 0 Å². The van der Waals surface area contributed by atoms with Crippen molar-refractivity contribution >= 4 is 32.7 Å². The second-order valence-corrected chi connectivity index (χ2v) is 6.94. The topological polar surface area (TPSA) is 72.2 Å². The molecule has 1 atom stereocenters. The average molecular weight is 308 g/mol. The number of halogens is 2. The van der Waals surface area contributed by atoms with Crippen LogP contribution in [-0.4, -0.2) is 31.5 Å². The molecule has 0 heterocycles. The first-order valence-electron chi connectivity index (χ1n) is 5.33. The van der Waals surface area contributed by atoms with Crippen LogP contribution in [0, 0.1) is 11.6 Å². The molecule has 0 aliphatic carbocycles. The van der Waals surface area contributed by atoms with Gasteiger partial charge in [0.25, 0.3) is 0 Å². The van der Waals surface area contributed by atoms with Crippen molar-refractivity contribution in [2.45, 2.75) is 13.0 Å². The molecule has 3 N–H and O–H groups in total. The van der Waals surface area contributed by atoms with E-state index >= 15 is 0 Å². The van der Waals surface area contributed by atoms with Gasteiger partial charge in [-0.25, -0.2) is 17.2 Å². The van der Waals surface area contributed by atoms with E-state index in [1.54, 1.807) is 0 Å².